The molecule has 0 amide bonds. The van der Waals surface area contributed by atoms with Crippen molar-refractivity contribution in [2.75, 3.05) is 7.11 Å². The predicted molar refractivity (Wildman–Crippen MR) is 120 cm³/mol. The van der Waals surface area contributed by atoms with Crippen molar-refractivity contribution in [2.45, 2.75) is 6.61 Å². The molecule has 0 saturated heterocycles. The van der Waals surface area contributed by atoms with Gasteiger partial charge in [-0.2, -0.15) is 0 Å². The van der Waals surface area contributed by atoms with Crippen LogP contribution in [0.1, 0.15) is 5.56 Å². The van der Waals surface area contributed by atoms with Crippen LogP contribution in [0.2, 0.25) is 15.1 Å². The Morgan fingerprint density at radius 3 is 2.47 bits per heavy atom. The molecule has 1 heterocycles. The van der Waals surface area contributed by atoms with Gasteiger partial charge < -0.3 is 14.5 Å². The first-order valence-electron chi connectivity index (χ1n) is 8.90. The molecular formula is C22H15Cl3N2O3. The molecule has 30 heavy (non-hydrogen) atoms. The van der Waals surface area contributed by atoms with Crippen molar-refractivity contribution < 1.29 is 9.47 Å². The summed E-state index contributed by atoms with van der Waals surface area (Å²) in [5.41, 5.74) is 1.85. The highest BCUT2D eigenvalue weighted by atomic mass is 35.5. The molecule has 0 aliphatic rings. The van der Waals surface area contributed by atoms with E-state index >= 15 is 0 Å². The standard InChI is InChI=1S/C22H15Cl3N2O3/c1-29-19-7-6-12(21-26-18-5-3-2-4-15(18)22(28)27-21)8-13(19)11-30-20-16(24)9-14(23)10-17(20)25/h2-10H,11H2,1H3,(H,26,27,28). The molecule has 0 saturated carbocycles. The van der Waals surface area contributed by atoms with E-state index in [4.69, 9.17) is 44.3 Å². The summed E-state index contributed by atoms with van der Waals surface area (Å²) in [6.45, 7) is 0.135. The van der Waals surface area contributed by atoms with E-state index in [0.717, 1.165) is 5.56 Å². The highest BCUT2D eigenvalue weighted by Gasteiger charge is 2.13. The van der Waals surface area contributed by atoms with Crippen molar-refractivity contribution >= 4 is 45.7 Å². The molecule has 0 bridgehead atoms. The van der Waals surface area contributed by atoms with Crippen molar-refractivity contribution in [3.05, 3.63) is 85.6 Å². The van der Waals surface area contributed by atoms with Gasteiger partial charge in [-0.15, -0.1) is 0 Å². The van der Waals surface area contributed by atoms with E-state index in [2.05, 4.69) is 9.97 Å². The molecule has 4 aromatic rings. The van der Waals surface area contributed by atoms with Crippen molar-refractivity contribution in [1.82, 2.24) is 9.97 Å². The smallest absolute Gasteiger partial charge is 0.259 e. The predicted octanol–water partition coefficient (Wildman–Crippen LogP) is 6.14. The van der Waals surface area contributed by atoms with Gasteiger partial charge >= 0.3 is 0 Å². The Morgan fingerprint density at radius 1 is 1.00 bits per heavy atom. The van der Waals surface area contributed by atoms with Gasteiger partial charge in [0.2, 0.25) is 0 Å². The fourth-order valence-corrected chi connectivity index (χ4v) is 4.00. The highest BCUT2D eigenvalue weighted by Crippen LogP contribution is 2.37. The number of rotatable bonds is 5. The summed E-state index contributed by atoms with van der Waals surface area (Å²) in [7, 11) is 1.57. The molecule has 5 nitrogen and oxygen atoms in total. The topological polar surface area (TPSA) is 64.2 Å². The monoisotopic (exact) mass is 460 g/mol. The fraction of sp³-hybridized carbons (Fsp3) is 0.0909. The van der Waals surface area contributed by atoms with Gasteiger partial charge in [-0.25, -0.2) is 4.98 Å². The van der Waals surface area contributed by atoms with Crippen LogP contribution in [0.4, 0.5) is 0 Å². The quantitative estimate of drug-likeness (QED) is 0.388. The molecule has 0 aliphatic heterocycles. The van der Waals surface area contributed by atoms with Gasteiger partial charge in [0.1, 0.15) is 18.2 Å². The van der Waals surface area contributed by atoms with Gasteiger partial charge in [0.15, 0.2) is 5.75 Å². The minimum Gasteiger partial charge on any atom is -0.496 e. The lowest BCUT2D eigenvalue weighted by Crippen LogP contribution is -2.09. The van der Waals surface area contributed by atoms with Crippen molar-refractivity contribution in [2.24, 2.45) is 0 Å². The second-order valence-corrected chi connectivity index (χ2v) is 7.70. The van der Waals surface area contributed by atoms with Crippen LogP contribution < -0.4 is 15.0 Å². The first-order valence-corrected chi connectivity index (χ1v) is 10.0. The van der Waals surface area contributed by atoms with E-state index < -0.39 is 0 Å². The normalized spacial score (nSPS) is 10.9. The minimum atomic E-state index is -0.205. The number of aromatic amines is 1. The molecule has 0 fully saturated rings. The Balaban J connectivity index is 1.70. The maximum absolute atomic E-state index is 12.4. The van der Waals surface area contributed by atoms with Crippen LogP contribution in [-0.4, -0.2) is 17.1 Å². The molecule has 0 spiro atoms. The summed E-state index contributed by atoms with van der Waals surface area (Å²) in [5, 5.41) is 1.57. The van der Waals surface area contributed by atoms with E-state index in [1.807, 2.05) is 18.2 Å². The Bertz CT molecular complexity index is 1280. The molecular weight excluding hydrogens is 447 g/mol. The lowest BCUT2D eigenvalue weighted by Gasteiger charge is -2.14. The number of hydrogen-bond acceptors (Lipinski definition) is 4. The Labute approximate surface area is 187 Å². The van der Waals surface area contributed by atoms with E-state index in [0.29, 0.717) is 48.9 Å². The molecule has 3 aromatic carbocycles. The molecule has 8 heteroatoms. The van der Waals surface area contributed by atoms with Crippen molar-refractivity contribution in [3.63, 3.8) is 0 Å². The Morgan fingerprint density at radius 2 is 1.73 bits per heavy atom. The zero-order chi connectivity index (χ0) is 21.3. The molecule has 1 aromatic heterocycles. The third-order valence-corrected chi connectivity index (χ3v) is 5.28. The number of methoxy groups -OCH3 is 1. The zero-order valence-electron chi connectivity index (χ0n) is 15.7. The number of nitrogens with zero attached hydrogens (tertiary/aromatic N) is 1. The lowest BCUT2D eigenvalue weighted by atomic mass is 10.1. The number of ether oxygens (including phenoxy) is 2. The second-order valence-electron chi connectivity index (χ2n) is 6.45. The van der Waals surface area contributed by atoms with Crippen molar-refractivity contribution in [1.29, 1.82) is 0 Å². The average molecular weight is 462 g/mol. The van der Waals surface area contributed by atoms with Crippen LogP contribution in [0.15, 0.2) is 59.4 Å². The second kappa shape index (κ2) is 8.56. The fourth-order valence-electron chi connectivity index (χ4n) is 3.08. The SMILES string of the molecule is COc1ccc(-c2nc3ccccc3c(=O)[nH]2)cc1COc1c(Cl)cc(Cl)cc1Cl. The molecule has 152 valence electrons. The van der Waals surface area contributed by atoms with Crippen molar-refractivity contribution in [3.8, 4) is 22.9 Å². The third kappa shape index (κ3) is 4.10. The maximum Gasteiger partial charge on any atom is 0.259 e. The largest absolute Gasteiger partial charge is 0.496 e. The van der Waals surface area contributed by atoms with E-state index in [1.165, 1.54) is 0 Å². The summed E-state index contributed by atoms with van der Waals surface area (Å²) >= 11 is 18.3. The van der Waals surface area contributed by atoms with Crippen LogP contribution in [0.3, 0.4) is 0 Å². The maximum atomic E-state index is 12.4. The highest BCUT2D eigenvalue weighted by molar-refractivity contribution is 6.40. The summed E-state index contributed by atoms with van der Waals surface area (Å²) in [6.07, 6.45) is 0. The molecule has 0 aliphatic carbocycles. The van der Waals surface area contributed by atoms with Gasteiger partial charge in [-0.05, 0) is 42.5 Å². The van der Waals surface area contributed by atoms with Gasteiger partial charge in [0, 0.05) is 16.1 Å². The van der Waals surface area contributed by atoms with Gasteiger partial charge in [-0.3, -0.25) is 4.79 Å². The van der Waals surface area contributed by atoms with Gasteiger partial charge in [-0.1, -0.05) is 46.9 Å². The number of benzene rings is 3. The third-order valence-electron chi connectivity index (χ3n) is 4.50. The minimum absolute atomic E-state index is 0.135. The summed E-state index contributed by atoms with van der Waals surface area (Å²) in [5.74, 6) is 1.39. The first-order chi connectivity index (χ1) is 14.5. The molecule has 0 radical (unpaired) electrons. The van der Waals surface area contributed by atoms with E-state index in [-0.39, 0.29) is 12.2 Å². The summed E-state index contributed by atoms with van der Waals surface area (Å²) in [6, 6.07) is 15.7. The Kier molecular flexibility index (Phi) is 5.86. The molecule has 4 rings (SSSR count). The number of halogens is 3. The van der Waals surface area contributed by atoms with Gasteiger partial charge in [0.25, 0.3) is 5.56 Å². The van der Waals surface area contributed by atoms with E-state index in [9.17, 15) is 4.79 Å². The number of fused-ring (bicyclic) bond motifs is 1. The molecule has 1 N–H and O–H groups in total. The van der Waals surface area contributed by atoms with Crippen LogP contribution in [0.5, 0.6) is 11.5 Å². The molecule has 0 atom stereocenters. The number of nitrogens with one attached hydrogen (secondary N) is 1. The number of H-pyrrole nitrogens is 1. The van der Waals surface area contributed by atoms with Gasteiger partial charge in [0.05, 0.1) is 28.1 Å². The van der Waals surface area contributed by atoms with Crippen LogP contribution in [0.25, 0.3) is 22.3 Å². The van der Waals surface area contributed by atoms with Crippen LogP contribution in [0, 0.1) is 0 Å². The summed E-state index contributed by atoms with van der Waals surface area (Å²) in [4.78, 5) is 19.8. The number of hydrogen-bond donors (Lipinski definition) is 1. The number of aromatic nitrogens is 2. The zero-order valence-corrected chi connectivity index (χ0v) is 18.0. The number of para-hydroxylation sites is 1. The van der Waals surface area contributed by atoms with E-state index in [1.54, 1.807) is 43.5 Å². The van der Waals surface area contributed by atoms with Crippen LogP contribution in [-0.2, 0) is 6.61 Å². The lowest BCUT2D eigenvalue weighted by molar-refractivity contribution is 0.297. The average Bonchev–Trinajstić information content (AvgIpc) is 2.73. The van der Waals surface area contributed by atoms with Crippen LogP contribution >= 0.6 is 34.8 Å². The first kappa shape index (κ1) is 20.5. The summed E-state index contributed by atoms with van der Waals surface area (Å²) < 4.78 is 11.3. The molecule has 0 unspecified atom stereocenters. The Hall–Kier alpha value is -2.73.